The Bertz CT molecular complexity index is 1570. The van der Waals surface area contributed by atoms with Crippen molar-refractivity contribution in [3.63, 3.8) is 0 Å². The molecular weight excluding hydrogens is 645 g/mol. The van der Waals surface area contributed by atoms with Gasteiger partial charge in [-0.25, -0.2) is 11.8 Å². The van der Waals surface area contributed by atoms with Gasteiger partial charge in [-0.3, -0.25) is 0 Å². The highest BCUT2D eigenvalue weighted by Gasteiger charge is 2.25. The highest BCUT2D eigenvalue weighted by Crippen LogP contribution is 2.36. The molecule has 0 heterocycles. The van der Waals surface area contributed by atoms with Crippen molar-refractivity contribution in [1.29, 1.82) is 0 Å². The zero-order chi connectivity index (χ0) is 33.7. The molecule has 4 aromatic rings. The third kappa shape index (κ3) is 9.67. The molecule has 0 unspecified atom stereocenters. The number of aryl methyl sites for hydroxylation is 2. The maximum Gasteiger partial charge on any atom is 0.394 e. The van der Waals surface area contributed by atoms with Gasteiger partial charge in [-0.15, -0.1) is 0 Å². The summed E-state index contributed by atoms with van der Waals surface area (Å²) in [7, 11) is -3.55. The van der Waals surface area contributed by atoms with Gasteiger partial charge in [-0.2, -0.15) is 0 Å². The van der Waals surface area contributed by atoms with Crippen LogP contribution in [-0.4, -0.2) is 31.8 Å². The van der Waals surface area contributed by atoms with Gasteiger partial charge in [-0.1, -0.05) is 84.9 Å². The lowest BCUT2D eigenvalue weighted by atomic mass is 10.0. The molecule has 6 rings (SSSR count). The van der Waals surface area contributed by atoms with E-state index in [2.05, 4.69) is 109 Å². The van der Waals surface area contributed by atoms with Gasteiger partial charge in [0.1, 0.15) is 11.5 Å². The van der Waals surface area contributed by atoms with E-state index < -0.39 is 18.6 Å². The second-order valence-electron chi connectivity index (χ2n) is 12.4. The SMILES string of the molecule is NO[Si](CCCOc1cccc2c1C=C(c1ccccc1)CCC2)O[Si](CCCOc1cccc2c1C=C(c1ccccc1)CCC2)ON. The first-order valence-electron chi connectivity index (χ1n) is 17.4. The Kier molecular flexibility index (Phi) is 13.1. The minimum atomic E-state index is -1.77. The number of hydrogen-bond acceptors (Lipinski definition) is 7. The first-order chi connectivity index (χ1) is 24.2. The Morgan fingerprint density at radius 3 is 1.39 bits per heavy atom. The highest BCUT2D eigenvalue weighted by molar-refractivity contribution is 6.59. The van der Waals surface area contributed by atoms with E-state index in [1.807, 2.05) is 0 Å². The third-order valence-electron chi connectivity index (χ3n) is 9.08. The molecular formula is C40H46N2O5Si2. The fourth-order valence-corrected chi connectivity index (χ4v) is 9.90. The Morgan fingerprint density at radius 1 is 0.510 bits per heavy atom. The molecule has 0 amide bonds. The molecule has 49 heavy (non-hydrogen) atoms. The molecule has 0 saturated carbocycles. The minimum absolute atomic E-state index is 0.535. The lowest BCUT2D eigenvalue weighted by Gasteiger charge is -2.18. The summed E-state index contributed by atoms with van der Waals surface area (Å²) in [6, 6.07) is 35.2. The number of ether oxygens (including phenoxy) is 2. The molecule has 4 aromatic carbocycles. The van der Waals surface area contributed by atoms with Crippen molar-refractivity contribution >= 4 is 41.9 Å². The molecule has 7 nitrogen and oxygen atoms in total. The number of nitrogens with two attached hydrogens (primary N) is 2. The van der Waals surface area contributed by atoms with Crippen LogP contribution in [0.1, 0.15) is 71.9 Å². The standard InChI is InChI=1S/C40H46N2O5Si2/c41-45-48(27-11-25-43-39-23-9-19-33-17-7-21-35(29-37(33)39)31-13-3-1-4-14-31)47-49(46-42)28-12-26-44-40-24-10-20-34-18-8-22-36(30-38(34)40)32-15-5-2-6-16-32/h1-6,9-10,13-16,19-20,23-24,29-30H,7-8,11-12,17-18,21-22,25-28,41-42H2. The van der Waals surface area contributed by atoms with Crippen LogP contribution in [0.4, 0.5) is 0 Å². The van der Waals surface area contributed by atoms with E-state index in [9.17, 15) is 0 Å². The van der Waals surface area contributed by atoms with Gasteiger partial charge in [0.25, 0.3) is 0 Å². The van der Waals surface area contributed by atoms with Crippen LogP contribution >= 0.6 is 0 Å². The van der Waals surface area contributed by atoms with Crippen molar-refractivity contribution in [2.45, 2.75) is 63.5 Å². The van der Waals surface area contributed by atoms with E-state index in [0.29, 0.717) is 25.3 Å². The molecule has 4 N–H and O–H groups in total. The summed E-state index contributed by atoms with van der Waals surface area (Å²) in [5, 5.41) is 0. The maximum absolute atomic E-state index is 6.32. The molecule has 0 bridgehead atoms. The van der Waals surface area contributed by atoms with Crippen molar-refractivity contribution in [2.24, 2.45) is 11.8 Å². The van der Waals surface area contributed by atoms with Gasteiger partial charge in [0, 0.05) is 11.1 Å². The van der Waals surface area contributed by atoms with Gasteiger partial charge in [-0.05, 0) is 121 Å². The Hall–Kier alpha value is -3.81. The summed E-state index contributed by atoms with van der Waals surface area (Å²) in [6.45, 7) is 1.07. The molecule has 0 aliphatic heterocycles. The zero-order valence-corrected chi connectivity index (χ0v) is 30.1. The van der Waals surface area contributed by atoms with Gasteiger partial charge in [0.15, 0.2) is 0 Å². The average molecular weight is 691 g/mol. The van der Waals surface area contributed by atoms with E-state index >= 15 is 0 Å². The van der Waals surface area contributed by atoms with Crippen LogP contribution in [0.25, 0.3) is 23.3 Å². The zero-order valence-electron chi connectivity index (χ0n) is 28.1. The summed E-state index contributed by atoms with van der Waals surface area (Å²) in [6.07, 6.45) is 12.5. The number of rotatable bonds is 16. The Morgan fingerprint density at radius 2 is 0.959 bits per heavy atom. The first-order valence-corrected chi connectivity index (χ1v) is 20.4. The summed E-state index contributed by atoms with van der Waals surface area (Å²) < 4.78 is 29.4. The summed E-state index contributed by atoms with van der Waals surface area (Å²) in [5.74, 6) is 13.2. The molecule has 2 aliphatic rings. The number of benzene rings is 4. The third-order valence-corrected chi connectivity index (χ3v) is 13.0. The van der Waals surface area contributed by atoms with Gasteiger partial charge in [0.05, 0.1) is 13.2 Å². The highest BCUT2D eigenvalue weighted by atomic mass is 28.4. The minimum Gasteiger partial charge on any atom is -0.493 e. The van der Waals surface area contributed by atoms with Gasteiger partial charge >= 0.3 is 18.6 Å². The normalized spacial score (nSPS) is 14.4. The van der Waals surface area contributed by atoms with Gasteiger partial charge in [0.2, 0.25) is 0 Å². The molecule has 2 radical (unpaired) electrons. The Balaban J connectivity index is 0.978. The van der Waals surface area contributed by atoms with E-state index in [0.717, 1.165) is 62.9 Å². The van der Waals surface area contributed by atoms with E-state index in [1.165, 1.54) is 44.5 Å². The molecule has 0 atom stereocenters. The smallest absolute Gasteiger partial charge is 0.394 e. The lowest BCUT2D eigenvalue weighted by molar-refractivity contribution is 0.218. The molecule has 0 spiro atoms. The van der Waals surface area contributed by atoms with Crippen molar-refractivity contribution in [3.8, 4) is 11.5 Å². The summed E-state index contributed by atoms with van der Waals surface area (Å²) in [4.78, 5) is 0. The molecule has 0 aromatic heterocycles. The van der Waals surface area contributed by atoms with Crippen molar-refractivity contribution in [1.82, 2.24) is 0 Å². The topological polar surface area (TPSA) is 98.2 Å². The van der Waals surface area contributed by atoms with Crippen LogP contribution < -0.4 is 21.3 Å². The quantitative estimate of drug-likeness (QED) is 0.0692. The molecule has 0 saturated heterocycles. The monoisotopic (exact) mass is 690 g/mol. The summed E-state index contributed by atoms with van der Waals surface area (Å²) in [5.41, 5.74) is 10.2. The van der Waals surface area contributed by atoms with E-state index in [4.69, 9.17) is 34.4 Å². The van der Waals surface area contributed by atoms with E-state index in [-0.39, 0.29) is 0 Å². The second-order valence-corrected chi connectivity index (χ2v) is 16.2. The predicted molar refractivity (Wildman–Crippen MR) is 200 cm³/mol. The van der Waals surface area contributed by atoms with Crippen LogP contribution in [0.3, 0.4) is 0 Å². The number of hydrogen-bond donors (Lipinski definition) is 2. The predicted octanol–water partition coefficient (Wildman–Crippen LogP) is 8.45. The van der Waals surface area contributed by atoms with Crippen LogP contribution in [0.2, 0.25) is 12.1 Å². The molecule has 254 valence electrons. The number of allylic oxidation sites excluding steroid dienone is 2. The van der Waals surface area contributed by atoms with E-state index in [1.54, 1.807) is 0 Å². The molecule has 2 aliphatic carbocycles. The van der Waals surface area contributed by atoms with Crippen LogP contribution in [0, 0.1) is 0 Å². The second kappa shape index (κ2) is 18.3. The average Bonchev–Trinajstić information content (AvgIpc) is 3.52. The number of fused-ring (bicyclic) bond motifs is 2. The fourth-order valence-electron chi connectivity index (χ4n) is 6.58. The van der Waals surface area contributed by atoms with Crippen LogP contribution in [0.15, 0.2) is 97.1 Å². The molecule has 0 fully saturated rings. The van der Waals surface area contributed by atoms with Crippen molar-refractivity contribution in [2.75, 3.05) is 13.2 Å². The molecule has 9 heteroatoms. The van der Waals surface area contributed by atoms with Crippen LogP contribution in [-0.2, 0) is 26.0 Å². The first kappa shape index (κ1) is 35.0. The largest absolute Gasteiger partial charge is 0.493 e. The van der Waals surface area contributed by atoms with Crippen LogP contribution in [0.5, 0.6) is 11.5 Å². The summed E-state index contributed by atoms with van der Waals surface area (Å²) >= 11 is 0. The Labute approximate surface area is 294 Å². The van der Waals surface area contributed by atoms with Crippen molar-refractivity contribution < 1.29 is 22.6 Å². The fraction of sp³-hybridized carbons (Fsp3) is 0.300. The maximum atomic E-state index is 6.32. The van der Waals surface area contributed by atoms with Gasteiger partial charge < -0.3 is 22.6 Å². The van der Waals surface area contributed by atoms with Crippen molar-refractivity contribution in [3.05, 3.63) is 130 Å². The lowest BCUT2D eigenvalue weighted by Crippen LogP contribution is -2.37.